The van der Waals surface area contributed by atoms with Crippen LogP contribution in [0.15, 0.2) is 59.5 Å². The summed E-state index contributed by atoms with van der Waals surface area (Å²) in [5.74, 6) is -0.620. The van der Waals surface area contributed by atoms with E-state index in [1.165, 1.54) is 36.0 Å². The lowest BCUT2D eigenvalue weighted by atomic mass is 10.1. The zero-order chi connectivity index (χ0) is 17.6. The van der Waals surface area contributed by atoms with Gasteiger partial charge in [0.1, 0.15) is 5.25 Å². The summed E-state index contributed by atoms with van der Waals surface area (Å²) < 4.78 is 26.7. The van der Waals surface area contributed by atoms with Crippen LogP contribution in [0.5, 0.6) is 0 Å². The summed E-state index contributed by atoms with van der Waals surface area (Å²) in [6.07, 6.45) is 0. The van der Waals surface area contributed by atoms with Crippen molar-refractivity contribution in [3.63, 3.8) is 0 Å². The smallest absolute Gasteiger partial charge is 0.321 e. The van der Waals surface area contributed by atoms with E-state index in [4.69, 9.17) is 11.6 Å². The van der Waals surface area contributed by atoms with Gasteiger partial charge in [0, 0.05) is 17.3 Å². The summed E-state index contributed by atoms with van der Waals surface area (Å²) in [5.41, 5.74) is 0.676. The Bertz CT molecular complexity index is 779. The van der Waals surface area contributed by atoms with Crippen molar-refractivity contribution in [1.82, 2.24) is 4.72 Å². The summed E-state index contributed by atoms with van der Waals surface area (Å²) in [6.45, 7) is 0.131. The van der Waals surface area contributed by atoms with Crippen molar-refractivity contribution < 1.29 is 18.3 Å². The Kier molecular flexibility index (Phi) is 6.68. The van der Waals surface area contributed by atoms with Crippen LogP contribution in [0.2, 0.25) is 5.02 Å². The molecule has 2 N–H and O–H groups in total. The topological polar surface area (TPSA) is 83.5 Å². The molecule has 0 saturated carbocycles. The quantitative estimate of drug-likeness (QED) is 0.682. The normalized spacial score (nSPS) is 12.7. The highest BCUT2D eigenvalue weighted by Crippen LogP contribution is 2.28. The van der Waals surface area contributed by atoms with E-state index in [1.54, 1.807) is 24.3 Å². The first-order valence-electron chi connectivity index (χ1n) is 7.05. The summed E-state index contributed by atoms with van der Waals surface area (Å²) in [7, 11) is -3.63. The minimum atomic E-state index is -3.63. The Balaban J connectivity index is 1.91. The molecule has 0 fully saturated rings. The Morgan fingerprint density at radius 3 is 2.33 bits per heavy atom. The second kappa shape index (κ2) is 8.53. The van der Waals surface area contributed by atoms with Gasteiger partial charge >= 0.3 is 5.97 Å². The van der Waals surface area contributed by atoms with E-state index in [-0.39, 0.29) is 11.4 Å². The van der Waals surface area contributed by atoms with Crippen molar-refractivity contribution >= 4 is 39.4 Å². The molecule has 0 amide bonds. The molecule has 0 aromatic heterocycles. The molecule has 5 nitrogen and oxygen atoms in total. The Labute approximate surface area is 150 Å². The third-order valence-electron chi connectivity index (χ3n) is 3.13. The second-order valence-corrected chi connectivity index (χ2v) is 8.27. The van der Waals surface area contributed by atoms with Gasteiger partial charge in [-0.15, -0.1) is 11.8 Å². The first-order valence-corrected chi connectivity index (χ1v) is 9.96. The standard InChI is InChI=1S/C16H16ClNO4S2/c17-13-6-8-14(9-7-13)24(21,22)18-10-11-23-15(16(19)20)12-4-2-1-3-5-12/h1-9,15,18H,10-11H2,(H,19,20). The molecule has 0 aliphatic carbocycles. The average molecular weight is 386 g/mol. The maximum Gasteiger partial charge on any atom is 0.321 e. The number of hydrogen-bond acceptors (Lipinski definition) is 4. The highest BCUT2D eigenvalue weighted by atomic mass is 35.5. The number of hydrogen-bond donors (Lipinski definition) is 2. The molecule has 0 saturated heterocycles. The zero-order valence-corrected chi connectivity index (χ0v) is 14.9. The fourth-order valence-corrected chi connectivity index (χ4v) is 4.22. The van der Waals surface area contributed by atoms with Gasteiger partial charge in [0.2, 0.25) is 10.0 Å². The van der Waals surface area contributed by atoms with Crippen LogP contribution in [-0.4, -0.2) is 31.8 Å². The molecule has 0 heterocycles. The summed E-state index contributed by atoms with van der Waals surface area (Å²) in [6, 6.07) is 14.7. The van der Waals surface area contributed by atoms with Crippen LogP contribution in [0.4, 0.5) is 0 Å². The first kappa shape index (κ1) is 18.8. The van der Waals surface area contributed by atoms with E-state index in [2.05, 4.69) is 4.72 Å². The van der Waals surface area contributed by atoms with Crippen LogP contribution in [-0.2, 0) is 14.8 Å². The van der Waals surface area contributed by atoms with Gasteiger partial charge in [-0.3, -0.25) is 4.79 Å². The number of carboxylic acid groups (broad SMARTS) is 1. The van der Waals surface area contributed by atoms with Gasteiger partial charge in [-0.25, -0.2) is 13.1 Å². The Morgan fingerprint density at radius 2 is 1.75 bits per heavy atom. The maximum atomic E-state index is 12.1. The lowest BCUT2D eigenvalue weighted by Crippen LogP contribution is -2.26. The number of benzene rings is 2. The molecule has 24 heavy (non-hydrogen) atoms. The van der Waals surface area contributed by atoms with Crippen molar-refractivity contribution in [2.24, 2.45) is 0 Å². The number of thioether (sulfide) groups is 1. The molecule has 1 unspecified atom stereocenters. The van der Waals surface area contributed by atoms with Crippen LogP contribution in [0, 0.1) is 0 Å². The second-order valence-electron chi connectivity index (χ2n) is 4.85. The number of aliphatic carboxylic acids is 1. The Hall–Kier alpha value is -1.54. The van der Waals surface area contributed by atoms with Crippen LogP contribution >= 0.6 is 23.4 Å². The predicted molar refractivity (Wildman–Crippen MR) is 95.9 cm³/mol. The number of rotatable bonds is 8. The number of sulfonamides is 1. The molecular formula is C16H16ClNO4S2. The van der Waals surface area contributed by atoms with Gasteiger partial charge in [-0.1, -0.05) is 41.9 Å². The third kappa shape index (κ3) is 5.24. The maximum absolute atomic E-state index is 12.1. The van der Waals surface area contributed by atoms with Crippen molar-refractivity contribution in [3.8, 4) is 0 Å². The van der Waals surface area contributed by atoms with E-state index in [9.17, 15) is 18.3 Å². The summed E-state index contributed by atoms with van der Waals surface area (Å²) >= 11 is 6.91. The molecule has 2 aromatic rings. The summed E-state index contributed by atoms with van der Waals surface area (Å²) in [5, 5.41) is 9.04. The van der Waals surface area contributed by atoms with Crippen LogP contribution in [0.25, 0.3) is 0 Å². The molecule has 0 radical (unpaired) electrons. The molecule has 128 valence electrons. The molecule has 1 atom stereocenters. The predicted octanol–water partition coefficient (Wildman–Crippen LogP) is 3.18. The minimum absolute atomic E-state index is 0.120. The molecule has 2 aromatic carbocycles. The highest BCUT2D eigenvalue weighted by molar-refractivity contribution is 8.00. The first-order chi connectivity index (χ1) is 11.4. The van der Waals surface area contributed by atoms with Gasteiger partial charge in [-0.2, -0.15) is 0 Å². The van der Waals surface area contributed by atoms with Crippen LogP contribution in [0.3, 0.4) is 0 Å². The average Bonchev–Trinajstić information content (AvgIpc) is 2.55. The summed E-state index contributed by atoms with van der Waals surface area (Å²) in [4.78, 5) is 11.5. The van der Waals surface area contributed by atoms with E-state index in [1.807, 2.05) is 6.07 Å². The van der Waals surface area contributed by atoms with E-state index < -0.39 is 21.2 Å². The van der Waals surface area contributed by atoms with Gasteiger partial charge in [0.15, 0.2) is 0 Å². The largest absolute Gasteiger partial charge is 0.480 e. The molecule has 0 spiro atoms. The van der Waals surface area contributed by atoms with E-state index in [0.717, 1.165) is 0 Å². The molecule has 0 aliphatic heterocycles. The number of nitrogens with one attached hydrogen (secondary N) is 1. The molecule has 2 rings (SSSR count). The van der Waals surface area contributed by atoms with Crippen molar-refractivity contribution in [1.29, 1.82) is 0 Å². The molecule has 8 heteroatoms. The van der Waals surface area contributed by atoms with Gasteiger partial charge < -0.3 is 5.11 Å². The fourth-order valence-electron chi connectivity index (χ4n) is 1.99. The lowest BCUT2D eigenvalue weighted by Gasteiger charge is -2.13. The van der Waals surface area contributed by atoms with Crippen LogP contribution < -0.4 is 4.72 Å². The molecular weight excluding hydrogens is 370 g/mol. The van der Waals surface area contributed by atoms with Gasteiger partial charge in [0.05, 0.1) is 4.90 Å². The Morgan fingerprint density at radius 1 is 1.12 bits per heavy atom. The number of carbonyl (C=O) groups is 1. The van der Waals surface area contributed by atoms with Gasteiger partial charge in [0.25, 0.3) is 0 Å². The molecule has 0 bridgehead atoms. The monoisotopic (exact) mass is 385 g/mol. The third-order valence-corrected chi connectivity index (χ3v) is 6.11. The van der Waals surface area contributed by atoms with Crippen molar-refractivity contribution in [3.05, 3.63) is 65.2 Å². The number of halogens is 1. The van der Waals surface area contributed by atoms with Crippen molar-refractivity contribution in [2.75, 3.05) is 12.3 Å². The van der Waals surface area contributed by atoms with Crippen LogP contribution in [0.1, 0.15) is 10.8 Å². The van der Waals surface area contributed by atoms with E-state index >= 15 is 0 Å². The SMILES string of the molecule is O=C(O)C(SCCNS(=O)(=O)c1ccc(Cl)cc1)c1ccccc1. The molecule has 0 aliphatic rings. The fraction of sp³-hybridized carbons (Fsp3) is 0.188. The minimum Gasteiger partial charge on any atom is -0.480 e. The highest BCUT2D eigenvalue weighted by Gasteiger charge is 2.20. The zero-order valence-electron chi connectivity index (χ0n) is 12.6. The number of carboxylic acids is 1. The van der Waals surface area contributed by atoms with E-state index in [0.29, 0.717) is 16.3 Å². The lowest BCUT2D eigenvalue weighted by molar-refractivity contribution is -0.136. The van der Waals surface area contributed by atoms with Crippen molar-refractivity contribution in [2.45, 2.75) is 10.1 Å². The van der Waals surface area contributed by atoms with Gasteiger partial charge in [-0.05, 0) is 29.8 Å².